The van der Waals surface area contributed by atoms with E-state index in [4.69, 9.17) is 15.2 Å². The Morgan fingerprint density at radius 3 is 2.81 bits per heavy atom. The molecule has 0 aromatic carbocycles. The van der Waals surface area contributed by atoms with Gasteiger partial charge < -0.3 is 20.1 Å². The molecule has 2 heterocycles. The zero-order valence-corrected chi connectivity index (χ0v) is 9.65. The Morgan fingerprint density at radius 1 is 1.75 bits per heavy atom. The molecule has 0 aromatic rings. The van der Waals surface area contributed by atoms with E-state index in [-0.39, 0.29) is 0 Å². The number of carbonyl (C=O) groups is 2. The van der Waals surface area contributed by atoms with Crippen LogP contribution < -0.4 is 5.73 Å². The van der Waals surface area contributed by atoms with Crippen LogP contribution in [0.2, 0.25) is 0 Å². The summed E-state index contributed by atoms with van der Waals surface area (Å²) in [6.45, 7) is 3.97. The summed E-state index contributed by atoms with van der Waals surface area (Å²) < 4.78 is 11.0. The average molecular weight is 228 g/mol. The highest BCUT2D eigenvalue weighted by molar-refractivity contribution is 6.10. The molecular weight excluding hydrogens is 212 g/mol. The highest BCUT2D eigenvalue weighted by atomic mass is 16.6. The number of hydrogen-bond donors (Lipinski definition) is 1. The fourth-order valence-corrected chi connectivity index (χ4v) is 2.48. The normalized spacial score (nSPS) is 41.8. The first kappa shape index (κ1) is 11.3. The van der Waals surface area contributed by atoms with Gasteiger partial charge in [-0.15, -0.1) is 0 Å². The number of piperidine rings is 1. The number of hydrogen-bond acceptors (Lipinski definition) is 4. The summed E-state index contributed by atoms with van der Waals surface area (Å²) in [5.74, 6) is -1.18. The maximum atomic E-state index is 12.0. The first-order chi connectivity index (χ1) is 7.38. The molecule has 90 valence electrons. The molecule has 2 fully saturated rings. The first-order valence-electron chi connectivity index (χ1n) is 5.28. The van der Waals surface area contributed by atoms with Crippen molar-refractivity contribution >= 4 is 11.8 Å². The van der Waals surface area contributed by atoms with E-state index < -0.39 is 29.2 Å². The highest BCUT2D eigenvalue weighted by Gasteiger charge is 2.72. The minimum atomic E-state index is -1.63. The summed E-state index contributed by atoms with van der Waals surface area (Å²) in [4.78, 5) is 25.0. The number of nitrogens with zero attached hydrogens (tertiary/aromatic N) is 1. The molecule has 2 aliphatic heterocycles. The average Bonchev–Trinajstić information content (AvgIpc) is 2.60. The quantitative estimate of drug-likeness (QED) is 0.643. The van der Waals surface area contributed by atoms with Crippen molar-refractivity contribution in [3.8, 4) is 0 Å². The lowest BCUT2D eigenvalue weighted by Gasteiger charge is -2.34. The second-order valence-corrected chi connectivity index (χ2v) is 4.39. The molecule has 0 aliphatic carbocycles. The molecule has 16 heavy (non-hydrogen) atoms. The van der Waals surface area contributed by atoms with E-state index in [1.54, 1.807) is 20.9 Å². The van der Waals surface area contributed by atoms with E-state index in [1.165, 1.54) is 4.90 Å². The number of rotatable bonds is 3. The zero-order chi connectivity index (χ0) is 12.1. The zero-order valence-electron chi connectivity index (χ0n) is 9.65. The van der Waals surface area contributed by atoms with Gasteiger partial charge in [-0.2, -0.15) is 0 Å². The van der Waals surface area contributed by atoms with E-state index in [9.17, 15) is 9.59 Å². The maximum Gasteiger partial charge on any atom is 0.269 e. The van der Waals surface area contributed by atoms with E-state index in [1.807, 2.05) is 0 Å². The van der Waals surface area contributed by atoms with Crippen molar-refractivity contribution in [3.63, 3.8) is 0 Å². The fraction of sp³-hybridized carbons (Fsp3) is 0.800. The smallest absolute Gasteiger partial charge is 0.269 e. The Hall–Kier alpha value is -1.14. The third kappa shape index (κ3) is 1.08. The molecule has 0 saturated carbocycles. The lowest BCUT2D eigenvalue weighted by Crippen LogP contribution is -2.61. The summed E-state index contributed by atoms with van der Waals surface area (Å²) in [6, 6.07) is 0. The monoisotopic (exact) mass is 228 g/mol. The molecule has 2 amide bonds. The molecule has 3 atom stereocenters. The Balaban J connectivity index is 2.43. The summed E-state index contributed by atoms with van der Waals surface area (Å²) in [6.07, 6.45) is -0.116. The van der Waals surface area contributed by atoms with Crippen LogP contribution in [0.4, 0.5) is 0 Å². The molecule has 0 unspecified atom stereocenters. The Labute approximate surface area is 93.7 Å². The van der Waals surface area contributed by atoms with E-state index in [0.717, 1.165) is 0 Å². The lowest BCUT2D eigenvalue weighted by molar-refractivity contribution is -0.159. The number of fused-ring (bicyclic) bond motifs is 2. The van der Waals surface area contributed by atoms with Gasteiger partial charge in [-0.25, -0.2) is 0 Å². The van der Waals surface area contributed by atoms with Gasteiger partial charge in [-0.1, -0.05) is 0 Å². The topological polar surface area (TPSA) is 81.9 Å². The molecule has 2 N–H and O–H groups in total. The van der Waals surface area contributed by atoms with Gasteiger partial charge >= 0.3 is 0 Å². The van der Waals surface area contributed by atoms with Crippen LogP contribution in [0.25, 0.3) is 0 Å². The predicted molar refractivity (Wildman–Crippen MR) is 54.2 cm³/mol. The second kappa shape index (κ2) is 3.18. The van der Waals surface area contributed by atoms with Crippen molar-refractivity contribution in [2.75, 3.05) is 13.7 Å². The van der Waals surface area contributed by atoms with Gasteiger partial charge in [0.1, 0.15) is 11.8 Å². The van der Waals surface area contributed by atoms with E-state index in [2.05, 4.69) is 0 Å². The fourth-order valence-electron chi connectivity index (χ4n) is 2.48. The molecule has 2 saturated heterocycles. The number of likely N-dealkylation sites (tertiary alicyclic amines) is 1. The minimum Gasteiger partial charge on any atom is -0.374 e. The van der Waals surface area contributed by atoms with Gasteiger partial charge in [0.25, 0.3) is 17.4 Å². The minimum absolute atomic E-state index is 0.410. The highest BCUT2D eigenvalue weighted by Crippen LogP contribution is 2.48. The lowest BCUT2D eigenvalue weighted by atomic mass is 9.88. The van der Waals surface area contributed by atoms with E-state index >= 15 is 0 Å². The number of carbonyl (C=O) groups excluding carboxylic acids is 2. The molecular formula is C10H16N2O4. The van der Waals surface area contributed by atoms with Gasteiger partial charge in [0.15, 0.2) is 0 Å². The standard InChI is InChI=1S/C10H16N2O4/c1-4-15-6-5-9(2)12(3)8(14)10(6,16-9)7(11)13/h6H,4-5H2,1-3H3,(H2,11,13)/t6-,9-,10-/m1/s1. The van der Waals surface area contributed by atoms with Crippen LogP contribution in [-0.2, 0) is 19.1 Å². The van der Waals surface area contributed by atoms with Crippen molar-refractivity contribution in [2.24, 2.45) is 5.73 Å². The predicted octanol–water partition coefficient (Wildman–Crippen LogP) is -0.776. The Bertz CT molecular complexity index is 359. The van der Waals surface area contributed by atoms with Crippen molar-refractivity contribution in [1.29, 1.82) is 0 Å². The molecule has 2 bridgehead atoms. The van der Waals surface area contributed by atoms with Crippen molar-refractivity contribution in [1.82, 2.24) is 4.90 Å². The van der Waals surface area contributed by atoms with E-state index in [0.29, 0.717) is 13.0 Å². The van der Waals surface area contributed by atoms with Gasteiger partial charge in [0, 0.05) is 20.1 Å². The van der Waals surface area contributed by atoms with Gasteiger partial charge in [0.2, 0.25) is 0 Å². The maximum absolute atomic E-state index is 12.0. The van der Waals surface area contributed by atoms with Crippen LogP contribution in [0.1, 0.15) is 20.3 Å². The molecule has 2 aliphatic rings. The molecule has 6 nitrogen and oxygen atoms in total. The summed E-state index contributed by atoms with van der Waals surface area (Å²) >= 11 is 0. The molecule has 0 aromatic heterocycles. The first-order valence-corrected chi connectivity index (χ1v) is 5.28. The Morgan fingerprint density at radius 2 is 2.38 bits per heavy atom. The van der Waals surface area contributed by atoms with Gasteiger partial charge in [0.05, 0.1) is 0 Å². The SMILES string of the molecule is CCO[C@@H]1C[C@@]2(C)O[C@]1(C(N)=O)C(=O)N2C. The second-order valence-electron chi connectivity index (χ2n) is 4.39. The summed E-state index contributed by atoms with van der Waals surface area (Å²) in [5.41, 5.74) is 2.90. The van der Waals surface area contributed by atoms with Crippen LogP contribution in [0.15, 0.2) is 0 Å². The van der Waals surface area contributed by atoms with Gasteiger partial charge in [-0.05, 0) is 13.8 Å². The van der Waals surface area contributed by atoms with Crippen LogP contribution in [0, 0.1) is 0 Å². The number of amides is 2. The van der Waals surface area contributed by atoms with Crippen LogP contribution in [0.5, 0.6) is 0 Å². The molecule has 0 spiro atoms. The number of primary amides is 1. The number of ether oxygens (including phenoxy) is 2. The van der Waals surface area contributed by atoms with Crippen LogP contribution in [0.3, 0.4) is 0 Å². The van der Waals surface area contributed by atoms with Crippen molar-refractivity contribution < 1.29 is 19.1 Å². The third-order valence-corrected chi connectivity index (χ3v) is 3.46. The number of likely N-dealkylation sites (N-methyl/N-ethyl adjacent to an activating group) is 1. The summed E-state index contributed by atoms with van der Waals surface area (Å²) in [7, 11) is 1.61. The van der Waals surface area contributed by atoms with Crippen LogP contribution in [-0.4, -0.2) is 47.8 Å². The molecule has 2 rings (SSSR count). The number of nitrogens with two attached hydrogens (primary N) is 1. The largest absolute Gasteiger partial charge is 0.374 e. The van der Waals surface area contributed by atoms with Crippen LogP contribution >= 0.6 is 0 Å². The molecule has 0 radical (unpaired) electrons. The Kier molecular flexibility index (Phi) is 2.25. The summed E-state index contributed by atoms with van der Waals surface area (Å²) in [5, 5.41) is 0. The van der Waals surface area contributed by atoms with Gasteiger partial charge in [-0.3, -0.25) is 9.59 Å². The van der Waals surface area contributed by atoms with Crippen molar-refractivity contribution in [2.45, 2.75) is 37.7 Å². The third-order valence-electron chi connectivity index (χ3n) is 3.46. The molecule has 6 heteroatoms. The van der Waals surface area contributed by atoms with Crippen molar-refractivity contribution in [3.05, 3.63) is 0 Å².